The van der Waals surface area contributed by atoms with Gasteiger partial charge >= 0.3 is 0 Å². The Bertz CT molecular complexity index is 640. The van der Waals surface area contributed by atoms with Crippen LogP contribution in [0.2, 0.25) is 0 Å². The fourth-order valence-corrected chi connectivity index (χ4v) is 3.27. The quantitative estimate of drug-likeness (QED) is 0.284. The number of aliphatic hydroxyl groups is 1. The van der Waals surface area contributed by atoms with Gasteiger partial charge in [-0.3, -0.25) is 4.55 Å². The molecule has 0 heterocycles. The van der Waals surface area contributed by atoms with Gasteiger partial charge in [-0.2, -0.15) is 8.42 Å². The predicted molar refractivity (Wildman–Crippen MR) is 127 cm³/mol. The smallest absolute Gasteiger partial charge is 0.294 e. The Morgan fingerprint density at radius 3 is 1.60 bits per heavy atom. The van der Waals surface area contributed by atoms with Crippen LogP contribution in [0.15, 0.2) is 29.2 Å². The van der Waals surface area contributed by atoms with E-state index in [1.165, 1.54) is 69.9 Å². The zero-order valence-corrected chi connectivity index (χ0v) is 20.7. The first-order valence-corrected chi connectivity index (χ1v) is 12.8. The average molecular weight is 444 g/mol. The standard InChI is InChI=1S/C18H30O3S.C6H15NO/c1-2-3-4-5-6-7-8-9-10-11-12-17-13-15-18(16-14-17)22(19,20)21;1-6(2,5-8)7(3)4/h13-16H,2-12H2,1H3,(H,19,20,21);8H,5H2,1-4H3. The van der Waals surface area contributed by atoms with Gasteiger partial charge in [0.05, 0.1) is 11.5 Å². The molecule has 0 amide bonds. The van der Waals surface area contributed by atoms with Crippen molar-refractivity contribution in [2.45, 2.75) is 102 Å². The largest absolute Gasteiger partial charge is 0.394 e. The van der Waals surface area contributed by atoms with Crippen molar-refractivity contribution < 1.29 is 18.1 Å². The normalized spacial score (nSPS) is 12.0. The van der Waals surface area contributed by atoms with E-state index >= 15 is 0 Å². The van der Waals surface area contributed by atoms with Gasteiger partial charge in [-0.05, 0) is 58.5 Å². The molecule has 1 aromatic carbocycles. The van der Waals surface area contributed by atoms with E-state index < -0.39 is 10.1 Å². The number of unbranched alkanes of at least 4 members (excludes halogenated alkanes) is 9. The highest BCUT2D eigenvalue weighted by Crippen LogP contribution is 2.14. The maximum Gasteiger partial charge on any atom is 0.294 e. The summed E-state index contributed by atoms with van der Waals surface area (Å²) in [5, 5.41) is 8.72. The molecule has 0 unspecified atom stereocenters. The van der Waals surface area contributed by atoms with Crippen LogP contribution in [0.3, 0.4) is 0 Å². The summed E-state index contributed by atoms with van der Waals surface area (Å²) in [5.74, 6) is 0. The lowest BCUT2D eigenvalue weighted by molar-refractivity contribution is 0.100. The van der Waals surface area contributed by atoms with Crippen LogP contribution in [0.4, 0.5) is 0 Å². The fourth-order valence-electron chi connectivity index (χ4n) is 2.79. The van der Waals surface area contributed by atoms with E-state index in [-0.39, 0.29) is 17.0 Å². The van der Waals surface area contributed by atoms with Crippen molar-refractivity contribution >= 4 is 10.1 Å². The number of hydrogen-bond acceptors (Lipinski definition) is 4. The predicted octanol–water partition coefficient (Wildman–Crippen LogP) is 5.72. The van der Waals surface area contributed by atoms with Crippen molar-refractivity contribution in [3.63, 3.8) is 0 Å². The van der Waals surface area contributed by atoms with Gasteiger partial charge in [0, 0.05) is 5.54 Å². The van der Waals surface area contributed by atoms with E-state index in [2.05, 4.69) is 6.92 Å². The number of aryl methyl sites for hydroxylation is 1. The van der Waals surface area contributed by atoms with Gasteiger partial charge in [0.25, 0.3) is 10.1 Å². The second-order valence-electron chi connectivity index (χ2n) is 8.92. The monoisotopic (exact) mass is 443 g/mol. The highest BCUT2D eigenvalue weighted by atomic mass is 32.2. The number of rotatable bonds is 14. The van der Waals surface area contributed by atoms with Gasteiger partial charge in [-0.1, -0.05) is 76.8 Å². The van der Waals surface area contributed by atoms with Crippen molar-refractivity contribution in [2.75, 3.05) is 20.7 Å². The van der Waals surface area contributed by atoms with E-state index in [0.29, 0.717) is 0 Å². The lowest BCUT2D eigenvalue weighted by atomic mass is 10.0. The minimum absolute atomic E-state index is 0.0284. The fraction of sp³-hybridized carbons (Fsp3) is 0.750. The van der Waals surface area contributed by atoms with E-state index in [4.69, 9.17) is 9.66 Å². The minimum atomic E-state index is -4.06. The summed E-state index contributed by atoms with van der Waals surface area (Å²) in [6.07, 6.45) is 14.1. The zero-order valence-electron chi connectivity index (χ0n) is 19.9. The molecule has 0 saturated heterocycles. The Kier molecular flexibility index (Phi) is 15.3. The molecule has 1 rings (SSSR count). The van der Waals surface area contributed by atoms with Crippen LogP contribution < -0.4 is 0 Å². The van der Waals surface area contributed by atoms with Crippen LogP contribution in [0.1, 0.15) is 90.5 Å². The SMILES string of the molecule is CCCCCCCCCCCCc1ccc(S(=O)(=O)O)cc1.CN(C)C(C)(C)CO. The first-order valence-electron chi connectivity index (χ1n) is 11.4. The molecular weight excluding hydrogens is 398 g/mol. The molecule has 176 valence electrons. The Labute approximate surface area is 185 Å². The van der Waals surface area contributed by atoms with Crippen LogP contribution in [-0.4, -0.2) is 49.2 Å². The van der Waals surface area contributed by atoms with Gasteiger partial charge in [0.1, 0.15) is 0 Å². The van der Waals surface area contributed by atoms with E-state index in [1.54, 1.807) is 12.1 Å². The molecule has 0 aromatic heterocycles. The molecule has 0 aliphatic rings. The molecule has 0 spiro atoms. The zero-order chi connectivity index (χ0) is 23.0. The van der Waals surface area contributed by atoms with Crippen LogP contribution in [0.5, 0.6) is 0 Å². The Balaban J connectivity index is 0.000000890. The van der Waals surface area contributed by atoms with Crippen LogP contribution in [0.25, 0.3) is 0 Å². The molecule has 0 radical (unpaired) electrons. The lowest BCUT2D eigenvalue weighted by Gasteiger charge is -2.29. The summed E-state index contributed by atoms with van der Waals surface area (Å²) in [7, 11) is -0.155. The summed E-state index contributed by atoms with van der Waals surface area (Å²) >= 11 is 0. The summed E-state index contributed by atoms with van der Waals surface area (Å²) < 4.78 is 30.8. The molecule has 5 nitrogen and oxygen atoms in total. The first kappa shape index (κ1) is 29.1. The van der Waals surface area contributed by atoms with Crippen LogP contribution in [0, 0.1) is 0 Å². The molecule has 0 aliphatic carbocycles. The molecule has 2 N–H and O–H groups in total. The highest BCUT2D eigenvalue weighted by Gasteiger charge is 2.17. The summed E-state index contributed by atoms with van der Waals surface area (Å²) in [5.41, 5.74) is 1.06. The van der Waals surface area contributed by atoms with E-state index in [9.17, 15) is 8.42 Å². The maximum absolute atomic E-state index is 10.9. The minimum Gasteiger partial charge on any atom is -0.394 e. The Hall–Kier alpha value is -0.950. The first-order chi connectivity index (χ1) is 14.0. The topological polar surface area (TPSA) is 77.8 Å². The van der Waals surface area contributed by atoms with Gasteiger partial charge in [0.15, 0.2) is 0 Å². The lowest BCUT2D eigenvalue weighted by Crippen LogP contribution is -2.41. The van der Waals surface area contributed by atoms with Crippen LogP contribution in [-0.2, 0) is 16.5 Å². The summed E-state index contributed by atoms with van der Waals surface area (Å²) in [6.45, 7) is 6.44. The van der Waals surface area contributed by atoms with Gasteiger partial charge in [0.2, 0.25) is 0 Å². The molecule has 0 aliphatic heterocycles. The van der Waals surface area contributed by atoms with Crippen molar-refractivity contribution in [1.29, 1.82) is 0 Å². The third-order valence-corrected chi connectivity index (χ3v) is 6.51. The van der Waals surface area contributed by atoms with Gasteiger partial charge in [-0.15, -0.1) is 0 Å². The molecule has 30 heavy (non-hydrogen) atoms. The number of benzene rings is 1. The van der Waals surface area contributed by atoms with Crippen molar-refractivity contribution in [3.05, 3.63) is 29.8 Å². The van der Waals surface area contributed by atoms with Crippen molar-refractivity contribution in [2.24, 2.45) is 0 Å². The summed E-state index contributed by atoms with van der Waals surface area (Å²) in [6, 6.07) is 6.52. The van der Waals surface area contributed by atoms with E-state index in [0.717, 1.165) is 18.4 Å². The summed E-state index contributed by atoms with van der Waals surface area (Å²) in [4.78, 5) is 1.96. The highest BCUT2D eigenvalue weighted by molar-refractivity contribution is 7.85. The maximum atomic E-state index is 10.9. The second-order valence-corrected chi connectivity index (χ2v) is 10.3. The van der Waals surface area contributed by atoms with Crippen molar-refractivity contribution in [1.82, 2.24) is 4.90 Å². The molecule has 0 atom stereocenters. The van der Waals surface area contributed by atoms with Gasteiger partial charge in [-0.25, -0.2) is 0 Å². The number of aliphatic hydroxyl groups excluding tert-OH is 1. The van der Waals surface area contributed by atoms with Crippen LogP contribution >= 0.6 is 0 Å². The number of hydrogen-bond donors (Lipinski definition) is 2. The van der Waals surface area contributed by atoms with Gasteiger partial charge < -0.3 is 10.0 Å². The third-order valence-electron chi connectivity index (χ3n) is 5.64. The average Bonchev–Trinajstić information content (AvgIpc) is 2.69. The molecule has 0 saturated carbocycles. The van der Waals surface area contributed by atoms with Crippen molar-refractivity contribution in [3.8, 4) is 0 Å². The number of nitrogens with zero attached hydrogens (tertiary/aromatic N) is 1. The molecular formula is C24H45NO4S. The number of likely N-dealkylation sites (N-methyl/N-ethyl adjacent to an activating group) is 1. The third kappa shape index (κ3) is 14.1. The molecule has 0 fully saturated rings. The molecule has 6 heteroatoms. The molecule has 1 aromatic rings. The van der Waals surface area contributed by atoms with E-state index in [1.807, 2.05) is 32.8 Å². The second kappa shape index (κ2) is 15.8. The Morgan fingerprint density at radius 2 is 1.27 bits per heavy atom. The molecule has 0 bridgehead atoms. The Morgan fingerprint density at radius 1 is 0.833 bits per heavy atom.